The van der Waals surface area contributed by atoms with E-state index in [4.69, 9.17) is 0 Å². The summed E-state index contributed by atoms with van der Waals surface area (Å²) in [6.45, 7) is 0.364. The molecular weight excluding hydrogens is 418 g/mol. The Bertz CT molecular complexity index is 1200. The van der Waals surface area contributed by atoms with Gasteiger partial charge < -0.3 is 4.90 Å². The van der Waals surface area contributed by atoms with Gasteiger partial charge in [0.05, 0.1) is 10.6 Å². The minimum Gasteiger partial charge on any atom is -0.329 e. The standard InChI is InChI=1S/C23H18F2N4OS/c24-16-5-3-15(4-6-16)14-28(18-11-12-18)23(30)21-26-22(20-2-1-13-31-20)29(27-21)19-9-7-17(25)8-10-19/h1-10,13,18H,11-12,14H2. The van der Waals surface area contributed by atoms with Crippen molar-refractivity contribution in [3.8, 4) is 16.4 Å². The predicted octanol–water partition coefficient (Wildman–Crippen LogP) is 5.08. The summed E-state index contributed by atoms with van der Waals surface area (Å²) in [6, 6.07) is 16.0. The van der Waals surface area contributed by atoms with E-state index < -0.39 is 0 Å². The zero-order chi connectivity index (χ0) is 21.4. The second kappa shape index (κ2) is 8.03. The van der Waals surface area contributed by atoms with Gasteiger partial charge >= 0.3 is 0 Å². The van der Waals surface area contributed by atoms with Gasteiger partial charge in [0.25, 0.3) is 5.91 Å². The molecule has 0 N–H and O–H groups in total. The number of benzene rings is 2. The molecule has 1 aliphatic rings. The van der Waals surface area contributed by atoms with Gasteiger partial charge in [-0.25, -0.2) is 18.4 Å². The first-order valence-electron chi connectivity index (χ1n) is 9.91. The van der Waals surface area contributed by atoms with Gasteiger partial charge in [0, 0.05) is 12.6 Å². The Hall–Kier alpha value is -3.39. The quantitative estimate of drug-likeness (QED) is 0.424. The molecule has 1 saturated carbocycles. The van der Waals surface area contributed by atoms with E-state index in [0.29, 0.717) is 18.1 Å². The maximum atomic E-state index is 13.4. The molecular formula is C23H18F2N4OS. The number of amides is 1. The summed E-state index contributed by atoms with van der Waals surface area (Å²) in [5.74, 6) is -0.319. The first-order valence-corrected chi connectivity index (χ1v) is 10.8. The van der Waals surface area contributed by atoms with Crippen molar-refractivity contribution >= 4 is 17.2 Å². The highest BCUT2D eigenvalue weighted by Gasteiger charge is 2.35. The fourth-order valence-electron chi connectivity index (χ4n) is 3.40. The van der Waals surface area contributed by atoms with E-state index in [1.54, 1.807) is 33.8 Å². The molecule has 0 atom stereocenters. The molecule has 8 heteroatoms. The van der Waals surface area contributed by atoms with E-state index in [9.17, 15) is 13.6 Å². The predicted molar refractivity (Wildman–Crippen MR) is 114 cm³/mol. The van der Waals surface area contributed by atoms with Crippen LogP contribution in [0.3, 0.4) is 0 Å². The molecule has 0 bridgehead atoms. The number of nitrogens with zero attached hydrogens (tertiary/aromatic N) is 4. The van der Waals surface area contributed by atoms with Gasteiger partial charge in [-0.05, 0) is 66.2 Å². The fraction of sp³-hybridized carbons (Fsp3) is 0.174. The molecule has 2 aromatic carbocycles. The Morgan fingerprint density at radius 1 is 1.03 bits per heavy atom. The summed E-state index contributed by atoms with van der Waals surface area (Å²) in [6.07, 6.45) is 1.84. The number of carbonyl (C=O) groups is 1. The molecule has 0 spiro atoms. The summed E-state index contributed by atoms with van der Waals surface area (Å²) in [4.78, 5) is 20.5. The van der Waals surface area contributed by atoms with Crippen molar-refractivity contribution in [2.24, 2.45) is 0 Å². The Labute approximate surface area is 181 Å². The molecule has 4 aromatic rings. The Morgan fingerprint density at radius 2 is 1.71 bits per heavy atom. The molecule has 2 heterocycles. The molecule has 0 unspecified atom stereocenters. The smallest absolute Gasteiger partial charge is 0.294 e. The van der Waals surface area contributed by atoms with Gasteiger partial charge in [-0.1, -0.05) is 18.2 Å². The summed E-state index contributed by atoms with van der Waals surface area (Å²) in [5, 5.41) is 6.41. The first kappa shape index (κ1) is 19.6. The number of halogens is 2. The van der Waals surface area contributed by atoms with Gasteiger partial charge in [0.1, 0.15) is 11.6 Å². The third kappa shape index (κ3) is 4.11. The van der Waals surface area contributed by atoms with Crippen molar-refractivity contribution in [3.05, 3.63) is 89.1 Å². The molecule has 1 aliphatic carbocycles. The van der Waals surface area contributed by atoms with Gasteiger partial charge in [0.2, 0.25) is 5.82 Å². The second-order valence-corrected chi connectivity index (χ2v) is 8.36. The van der Waals surface area contributed by atoms with Crippen LogP contribution in [0.15, 0.2) is 66.0 Å². The maximum absolute atomic E-state index is 13.4. The molecule has 31 heavy (non-hydrogen) atoms. The summed E-state index contributed by atoms with van der Waals surface area (Å²) < 4.78 is 28.2. The third-order valence-corrected chi connectivity index (χ3v) is 5.99. The minimum atomic E-state index is -0.350. The average Bonchev–Trinajstić information content (AvgIpc) is 3.29. The molecule has 156 valence electrons. The van der Waals surface area contributed by atoms with Crippen LogP contribution in [-0.4, -0.2) is 31.6 Å². The lowest BCUT2D eigenvalue weighted by Crippen LogP contribution is -2.33. The van der Waals surface area contributed by atoms with Crippen LogP contribution in [0.4, 0.5) is 8.78 Å². The average molecular weight is 436 g/mol. The number of thiophene rings is 1. The molecule has 5 rings (SSSR count). The second-order valence-electron chi connectivity index (χ2n) is 7.42. The SMILES string of the molecule is O=C(c1nc(-c2cccs2)n(-c2ccc(F)cc2)n1)N(Cc1ccc(F)cc1)C1CC1. The van der Waals surface area contributed by atoms with E-state index >= 15 is 0 Å². The van der Waals surface area contributed by atoms with E-state index in [1.165, 1.54) is 35.6 Å². The largest absolute Gasteiger partial charge is 0.329 e. The topological polar surface area (TPSA) is 51.0 Å². The summed E-state index contributed by atoms with van der Waals surface area (Å²) in [7, 11) is 0. The monoisotopic (exact) mass is 436 g/mol. The fourth-order valence-corrected chi connectivity index (χ4v) is 4.10. The van der Waals surface area contributed by atoms with E-state index in [-0.39, 0.29) is 29.4 Å². The van der Waals surface area contributed by atoms with Crippen molar-refractivity contribution in [1.82, 2.24) is 19.7 Å². The van der Waals surface area contributed by atoms with E-state index in [1.807, 2.05) is 17.5 Å². The van der Waals surface area contributed by atoms with Crippen molar-refractivity contribution < 1.29 is 13.6 Å². The van der Waals surface area contributed by atoms with Crippen LogP contribution in [0.25, 0.3) is 16.4 Å². The lowest BCUT2D eigenvalue weighted by Gasteiger charge is -2.21. The van der Waals surface area contributed by atoms with Crippen molar-refractivity contribution in [1.29, 1.82) is 0 Å². The minimum absolute atomic E-state index is 0.0849. The molecule has 1 fully saturated rings. The molecule has 2 aromatic heterocycles. The van der Waals surface area contributed by atoms with Crippen LogP contribution in [0.1, 0.15) is 29.0 Å². The zero-order valence-corrected chi connectivity index (χ0v) is 17.2. The highest BCUT2D eigenvalue weighted by Crippen LogP contribution is 2.31. The van der Waals surface area contributed by atoms with Crippen molar-refractivity contribution in [3.63, 3.8) is 0 Å². The van der Waals surface area contributed by atoms with Crippen LogP contribution in [0.2, 0.25) is 0 Å². The Morgan fingerprint density at radius 3 is 2.32 bits per heavy atom. The number of aromatic nitrogens is 3. The van der Waals surface area contributed by atoms with Crippen LogP contribution in [-0.2, 0) is 6.54 Å². The normalized spacial score (nSPS) is 13.4. The number of rotatable bonds is 6. The van der Waals surface area contributed by atoms with Crippen LogP contribution in [0.5, 0.6) is 0 Å². The van der Waals surface area contributed by atoms with Gasteiger partial charge in [-0.3, -0.25) is 4.79 Å². The van der Waals surface area contributed by atoms with Crippen molar-refractivity contribution in [2.75, 3.05) is 0 Å². The van der Waals surface area contributed by atoms with Crippen LogP contribution in [0, 0.1) is 11.6 Å². The van der Waals surface area contributed by atoms with Crippen LogP contribution < -0.4 is 0 Å². The summed E-state index contributed by atoms with van der Waals surface area (Å²) >= 11 is 1.49. The van der Waals surface area contributed by atoms with Gasteiger partial charge in [-0.15, -0.1) is 16.4 Å². The summed E-state index contributed by atoms with van der Waals surface area (Å²) in [5.41, 5.74) is 1.46. The number of carbonyl (C=O) groups excluding carboxylic acids is 1. The lowest BCUT2D eigenvalue weighted by molar-refractivity contribution is 0.0717. The van der Waals surface area contributed by atoms with E-state index in [0.717, 1.165) is 23.3 Å². The first-order chi connectivity index (χ1) is 15.1. The highest BCUT2D eigenvalue weighted by atomic mass is 32.1. The van der Waals surface area contributed by atoms with Gasteiger partial charge in [0.15, 0.2) is 5.82 Å². The van der Waals surface area contributed by atoms with Gasteiger partial charge in [-0.2, -0.15) is 0 Å². The maximum Gasteiger partial charge on any atom is 0.294 e. The molecule has 1 amide bonds. The number of hydrogen-bond acceptors (Lipinski definition) is 4. The lowest BCUT2D eigenvalue weighted by atomic mass is 10.2. The molecule has 0 saturated heterocycles. The van der Waals surface area contributed by atoms with Crippen LogP contribution >= 0.6 is 11.3 Å². The van der Waals surface area contributed by atoms with Crippen molar-refractivity contribution in [2.45, 2.75) is 25.4 Å². The Balaban J connectivity index is 1.51. The van der Waals surface area contributed by atoms with E-state index in [2.05, 4.69) is 10.1 Å². The third-order valence-electron chi connectivity index (χ3n) is 5.13. The molecule has 0 radical (unpaired) electrons. The molecule has 5 nitrogen and oxygen atoms in total. The Kier molecular flexibility index (Phi) is 5.07. The number of hydrogen-bond donors (Lipinski definition) is 0. The zero-order valence-electron chi connectivity index (χ0n) is 16.4. The molecule has 0 aliphatic heterocycles. The highest BCUT2D eigenvalue weighted by molar-refractivity contribution is 7.13.